The molecule has 210 valence electrons. The van der Waals surface area contributed by atoms with Gasteiger partial charge in [0.25, 0.3) is 0 Å². The average Bonchev–Trinajstić information content (AvgIpc) is 2.10. The summed E-state index contributed by atoms with van der Waals surface area (Å²) in [5.41, 5.74) is -5.65. The average molecular weight is 830 g/mol. The molecule has 0 unspecified atom stereocenters. The Bertz CT molecular complexity index is 478. The van der Waals surface area contributed by atoms with Crippen molar-refractivity contribution in [1.82, 2.24) is 0 Å². The molecule has 0 saturated heterocycles. The predicted octanol–water partition coefficient (Wildman–Crippen LogP) is -17.5. The maximum atomic E-state index is 10.7. The van der Waals surface area contributed by atoms with Crippen molar-refractivity contribution in [3.63, 3.8) is 0 Å². The quantitative estimate of drug-likeness (QED) is 0.102. The van der Waals surface area contributed by atoms with Crippen LogP contribution >= 0.6 is 0 Å². The molecular formula is CB4ClF19K6O7S. The van der Waals surface area contributed by atoms with Gasteiger partial charge < -0.3 is 73.6 Å². The number of alkyl halides is 3. The van der Waals surface area contributed by atoms with Gasteiger partial charge >= 0.3 is 343 Å². The molecule has 0 aliphatic heterocycles. The Balaban J connectivity index is -0.0000000220. The molecule has 0 N–H and O–H groups in total. The SMILES string of the molecule is F[B-](F)(F)F.F[B-](F)(F)F.F[B-](F)(F)F.F[B-](F)(F)F.O=S(=O)([O-])C(F)(F)F.[K+].[K+].[K+].[K+].[K+].[K+].[O-][Cl+3]([O-])([O-])[O-]. The second-order valence-corrected chi connectivity index (χ2v) is 5.38. The zero-order valence-corrected chi connectivity index (χ0v) is 39.9. The monoisotopic (exact) mass is 830 g/mol. The number of halogens is 20. The third-order valence-corrected chi connectivity index (χ3v) is 0.850. The fraction of sp³-hybridized carbons (Fsp3) is 1.00. The predicted molar refractivity (Wildman–Crippen MR) is 56.5 cm³/mol. The van der Waals surface area contributed by atoms with Gasteiger partial charge in [0.2, 0.25) is 0 Å². The first-order valence-electron chi connectivity index (χ1n) is 5.38. The van der Waals surface area contributed by atoms with Gasteiger partial charge in [0, 0.05) is 0 Å². The van der Waals surface area contributed by atoms with Crippen molar-refractivity contribution in [2.75, 3.05) is 0 Å². The molecule has 0 radical (unpaired) electrons. The summed E-state index contributed by atoms with van der Waals surface area (Å²) >= 11 is 0. The smallest absolute Gasteiger partial charge is 0.741 e. The van der Waals surface area contributed by atoms with Crippen molar-refractivity contribution in [2.45, 2.75) is 5.51 Å². The van der Waals surface area contributed by atoms with Gasteiger partial charge in [-0.15, -0.1) is 10.2 Å². The van der Waals surface area contributed by atoms with Crippen LogP contribution < -0.4 is 327 Å². The van der Waals surface area contributed by atoms with Gasteiger partial charge in [0.15, 0.2) is 10.1 Å². The third kappa shape index (κ3) is 297. The summed E-state index contributed by atoms with van der Waals surface area (Å²) in [6.45, 7) is 0. The van der Waals surface area contributed by atoms with Crippen molar-refractivity contribution in [3.8, 4) is 0 Å². The second-order valence-electron chi connectivity index (χ2n) is 3.26. The largest absolute Gasteiger partial charge is 1.00 e. The van der Waals surface area contributed by atoms with Crippen LogP contribution in [0.25, 0.3) is 0 Å². The Labute approximate surface area is 463 Å². The number of hydrogen-bond donors (Lipinski definition) is 0. The summed E-state index contributed by atoms with van der Waals surface area (Å²) < 4.78 is 249. The van der Waals surface area contributed by atoms with Crippen molar-refractivity contribution in [1.29, 1.82) is 0 Å². The summed E-state index contributed by atoms with van der Waals surface area (Å²) in [7, 11) is -35.0. The maximum Gasteiger partial charge on any atom is 1.00 e. The van der Waals surface area contributed by atoms with E-state index >= 15 is 0 Å². The molecule has 0 atom stereocenters. The second kappa shape index (κ2) is 38.0. The van der Waals surface area contributed by atoms with Crippen LogP contribution in [0.3, 0.4) is 0 Å². The summed E-state index contributed by atoms with van der Waals surface area (Å²) in [6.07, 6.45) is 0. The van der Waals surface area contributed by atoms with Crippen LogP contribution in [0.2, 0.25) is 0 Å². The van der Waals surface area contributed by atoms with Gasteiger partial charge in [0.05, 0.1) is 0 Å². The molecule has 0 aromatic heterocycles. The molecule has 0 heterocycles. The number of rotatable bonds is 0. The minimum atomic E-state index is -6.09. The van der Waals surface area contributed by atoms with Gasteiger partial charge in [-0.2, -0.15) is 13.2 Å². The molecule has 0 rings (SSSR count). The Morgan fingerprint density at radius 2 is 0.462 bits per heavy atom. The van der Waals surface area contributed by atoms with Crippen LogP contribution in [0.1, 0.15) is 0 Å². The van der Waals surface area contributed by atoms with E-state index in [9.17, 15) is 82.2 Å². The van der Waals surface area contributed by atoms with Crippen LogP contribution in [0, 0.1) is 10.2 Å². The summed E-state index contributed by atoms with van der Waals surface area (Å²) in [5, 5.41) is 0. The zero-order chi connectivity index (χ0) is 29.5. The fourth-order valence-electron chi connectivity index (χ4n) is 0. The molecule has 39 heavy (non-hydrogen) atoms. The Hall–Kier alpha value is 8.79. The molecule has 0 aromatic carbocycles. The zero-order valence-electron chi connectivity index (χ0n) is 19.6. The van der Waals surface area contributed by atoms with Crippen molar-refractivity contribution >= 4 is 39.1 Å². The van der Waals surface area contributed by atoms with E-state index in [2.05, 4.69) is 0 Å². The molecular weight excluding hydrogens is 830 g/mol. The third-order valence-electron chi connectivity index (χ3n) is 0.283. The first-order valence-corrected chi connectivity index (χ1v) is 8.02. The van der Waals surface area contributed by atoms with Crippen LogP contribution in [0.15, 0.2) is 0 Å². The van der Waals surface area contributed by atoms with Crippen molar-refractivity contribution in [2.24, 2.45) is 0 Å². The van der Waals surface area contributed by atoms with E-state index in [1.807, 2.05) is 0 Å². The molecule has 0 aliphatic carbocycles. The first-order chi connectivity index (χ1) is 13.2. The molecule has 0 bridgehead atoms. The molecule has 7 nitrogen and oxygen atoms in total. The van der Waals surface area contributed by atoms with E-state index in [-0.39, 0.29) is 308 Å². The molecule has 0 amide bonds. The van der Waals surface area contributed by atoms with Crippen LogP contribution in [0.4, 0.5) is 82.2 Å². The standard InChI is InChI=1S/CHF3O3S.4BF4.ClHO4.6K/c2-1(3,4)8(5,6)7;5*2-1(3,4)5;;;;;;/h(H,5,6,7);;;;;(H,2,3,4,5);;;;;;/q;4*-1;;6*+1/p-2. The molecule has 0 saturated carbocycles. The van der Waals surface area contributed by atoms with Gasteiger partial charge in [-0.1, -0.05) is 0 Å². The van der Waals surface area contributed by atoms with E-state index in [0.717, 1.165) is 0 Å². The minimum Gasteiger partial charge on any atom is -0.741 e. The Morgan fingerprint density at radius 1 is 0.436 bits per heavy atom. The van der Waals surface area contributed by atoms with Crippen LogP contribution in [-0.2, 0) is 10.1 Å². The number of hydrogen-bond acceptors (Lipinski definition) is 7. The van der Waals surface area contributed by atoms with Gasteiger partial charge in [-0.25, -0.2) is 27.1 Å². The minimum absolute atomic E-state index is 0. The van der Waals surface area contributed by atoms with E-state index in [1.54, 1.807) is 0 Å². The van der Waals surface area contributed by atoms with E-state index in [0.29, 0.717) is 0 Å². The topological polar surface area (TPSA) is 149 Å². The van der Waals surface area contributed by atoms with Gasteiger partial charge in [0.1, 0.15) is 0 Å². The van der Waals surface area contributed by atoms with E-state index in [4.69, 9.17) is 31.6 Å². The van der Waals surface area contributed by atoms with Crippen LogP contribution in [0.5, 0.6) is 0 Å². The fourth-order valence-corrected chi connectivity index (χ4v) is 0. The van der Waals surface area contributed by atoms with E-state index < -0.39 is 54.9 Å². The van der Waals surface area contributed by atoms with E-state index in [1.165, 1.54) is 0 Å². The van der Waals surface area contributed by atoms with Gasteiger partial charge in [-0.3, -0.25) is 0 Å². The molecule has 0 aromatic rings. The molecule has 0 fully saturated rings. The normalized spacial score (nSPS) is 10.6. The molecule has 0 aliphatic rings. The molecule has 0 spiro atoms. The Morgan fingerprint density at radius 3 is 0.462 bits per heavy atom. The van der Waals surface area contributed by atoms with Crippen molar-refractivity contribution in [3.05, 3.63) is 0 Å². The van der Waals surface area contributed by atoms with Gasteiger partial charge in [-0.05, 0) is 0 Å². The summed E-state index contributed by atoms with van der Waals surface area (Å²) in [6, 6.07) is 0. The Kier molecular flexibility index (Phi) is 79.6. The van der Waals surface area contributed by atoms with Crippen molar-refractivity contribution < 1.29 is 432 Å². The van der Waals surface area contributed by atoms with Crippen LogP contribution in [-0.4, -0.2) is 47.5 Å². The first kappa shape index (κ1) is 81.7. The summed E-state index contributed by atoms with van der Waals surface area (Å²) in [4.78, 5) is 0. The maximum absolute atomic E-state index is 10.7. The molecule has 38 heteroatoms. The summed E-state index contributed by atoms with van der Waals surface area (Å²) in [5.74, 6) is 0.